The molecular weight excluding hydrogens is 313 g/mol. The Morgan fingerprint density at radius 2 is 1.95 bits per heavy atom. The van der Waals surface area contributed by atoms with Crippen molar-refractivity contribution >= 4 is 46.5 Å². The first-order valence-corrected chi connectivity index (χ1v) is 6.87. The molecule has 0 aliphatic carbocycles. The second kappa shape index (κ2) is 4.95. The smallest absolute Gasteiger partial charge is 0.182 e. The van der Waals surface area contributed by atoms with E-state index in [4.69, 9.17) is 40.7 Å². The molecule has 0 saturated carbocycles. The summed E-state index contributed by atoms with van der Waals surface area (Å²) >= 11 is 17.6. The highest BCUT2D eigenvalue weighted by atomic mass is 35.5. The first kappa shape index (κ1) is 13.2. The van der Waals surface area contributed by atoms with E-state index in [9.17, 15) is 0 Å². The van der Waals surface area contributed by atoms with Crippen LogP contribution >= 0.6 is 35.4 Å². The summed E-state index contributed by atoms with van der Waals surface area (Å²) in [5.74, 6) is 0. The van der Waals surface area contributed by atoms with Gasteiger partial charge >= 0.3 is 0 Å². The summed E-state index contributed by atoms with van der Waals surface area (Å²) in [6.07, 6.45) is 0. The molecule has 0 radical (unpaired) electrons. The van der Waals surface area contributed by atoms with Crippen molar-refractivity contribution in [1.29, 1.82) is 5.26 Å². The molecule has 3 rings (SSSR count). The van der Waals surface area contributed by atoms with Gasteiger partial charge in [-0.15, -0.1) is 0 Å². The number of nitrogens with zero attached hydrogens (tertiary/aromatic N) is 2. The molecule has 2 aromatic carbocycles. The Bertz CT molecular complexity index is 918. The second-order valence-electron chi connectivity index (χ2n) is 4.21. The Balaban J connectivity index is 2.41. The molecule has 98 valence electrons. The predicted octanol–water partition coefficient (Wildman–Crippen LogP) is 4.87. The molecule has 0 saturated heterocycles. The third-order valence-electron chi connectivity index (χ3n) is 2.96. The summed E-state index contributed by atoms with van der Waals surface area (Å²) in [6, 6.07) is 12.6. The van der Waals surface area contributed by atoms with Gasteiger partial charge in [0.15, 0.2) is 4.77 Å². The van der Waals surface area contributed by atoms with E-state index in [1.165, 1.54) is 0 Å². The van der Waals surface area contributed by atoms with Gasteiger partial charge in [-0.25, -0.2) is 0 Å². The molecule has 3 nitrogen and oxygen atoms in total. The number of nitrogens with one attached hydrogen (secondary N) is 1. The number of aromatic amines is 1. The molecular formula is C14H7Cl2N3S. The average molecular weight is 320 g/mol. The zero-order valence-corrected chi connectivity index (χ0v) is 12.4. The van der Waals surface area contributed by atoms with E-state index in [1.807, 2.05) is 6.07 Å². The Kier molecular flexibility index (Phi) is 3.27. The topological polar surface area (TPSA) is 44.5 Å². The van der Waals surface area contributed by atoms with Crippen molar-refractivity contribution in [1.82, 2.24) is 9.55 Å². The van der Waals surface area contributed by atoms with Crippen LogP contribution in [0.2, 0.25) is 10.0 Å². The van der Waals surface area contributed by atoms with Gasteiger partial charge in [0.1, 0.15) is 0 Å². The molecule has 0 atom stereocenters. The summed E-state index contributed by atoms with van der Waals surface area (Å²) < 4.78 is 2.28. The zero-order valence-electron chi connectivity index (χ0n) is 10.0. The first-order chi connectivity index (χ1) is 9.60. The Morgan fingerprint density at radius 3 is 2.70 bits per heavy atom. The molecule has 0 amide bonds. The Labute approximate surface area is 130 Å². The lowest BCUT2D eigenvalue weighted by Crippen LogP contribution is -1.95. The molecule has 0 spiro atoms. The number of benzene rings is 2. The molecule has 0 aliphatic heterocycles. The van der Waals surface area contributed by atoms with Gasteiger partial charge in [0, 0.05) is 5.02 Å². The molecule has 3 aromatic rings. The first-order valence-electron chi connectivity index (χ1n) is 5.70. The Morgan fingerprint density at radius 1 is 1.15 bits per heavy atom. The van der Waals surface area contributed by atoms with E-state index < -0.39 is 0 Å². The lowest BCUT2D eigenvalue weighted by Gasteiger charge is -2.07. The van der Waals surface area contributed by atoms with Gasteiger partial charge in [-0.05, 0) is 48.6 Å². The van der Waals surface area contributed by atoms with E-state index in [2.05, 4.69) is 11.1 Å². The lowest BCUT2D eigenvalue weighted by atomic mass is 10.2. The van der Waals surface area contributed by atoms with Gasteiger partial charge in [0.25, 0.3) is 0 Å². The number of hydrogen-bond acceptors (Lipinski definition) is 2. The van der Waals surface area contributed by atoms with Crippen LogP contribution in [-0.2, 0) is 0 Å². The van der Waals surface area contributed by atoms with Gasteiger partial charge in [0.2, 0.25) is 0 Å². The van der Waals surface area contributed by atoms with Crippen molar-refractivity contribution < 1.29 is 0 Å². The minimum Gasteiger partial charge on any atom is -0.330 e. The fraction of sp³-hybridized carbons (Fsp3) is 0. The molecule has 6 heteroatoms. The third kappa shape index (κ3) is 2.10. The van der Waals surface area contributed by atoms with Crippen molar-refractivity contribution in [3.8, 4) is 11.8 Å². The molecule has 0 bridgehead atoms. The highest BCUT2D eigenvalue weighted by Crippen LogP contribution is 2.28. The monoisotopic (exact) mass is 319 g/mol. The number of fused-ring (bicyclic) bond motifs is 1. The normalized spacial score (nSPS) is 10.7. The number of halogens is 2. The van der Waals surface area contributed by atoms with Crippen LogP contribution in [0.5, 0.6) is 0 Å². The van der Waals surface area contributed by atoms with Crippen LogP contribution in [0.4, 0.5) is 0 Å². The van der Waals surface area contributed by atoms with Crippen molar-refractivity contribution in [2.45, 2.75) is 0 Å². The van der Waals surface area contributed by atoms with Gasteiger partial charge in [-0.1, -0.05) is 23.2 Å². The van der Waals surface area contributed by atoms with Crippen LogP contribution in [-0.4, -0.2) is 9.55 Å². The van der Waals surface area contributed by atoms with Crippen molar-refractivity contribution in [2.24, 2.45) is 0 Å². The molecule has 0 unspecified atom stereocenters. The van der Waals surface area contributed by atoms with Crippen molar-refractivity contribution in [3.63, 3.8) is 0 Å². The highest BCUT2D eigenvalue weighted by molar-refractivity contribution is 7.71. The van der Waals surface area contributed by atoms with Crippen LogP contribution in [0.3, 0.4) is 0 Å². The molecule has 1 N–H and O–H groups in total. The number of H-pyrrole nitrogens is 1. The largest absolute Gasteiger partial charge is 0.330 e. The van der Waals surface area contributed by atoms with Gasteiger partial charge in [0.05, 0.1) is 33.4 Å². The number of imidazole rings is 1. The average Bonchev–Trinajstić information content (AvgIpc) is 2.76. The minimum atomic E-state index is 0.499. The summed E-state index contributed by atoms with van der Waals surface area (Å²) in [5, 5.41) is 10.1. The summed E-state index contributed by atoms with van der Waals surface area (Å²) in [6.45, 7) is 0. The number of aromatic nitrogens is 2. The van der Waals surface area contributed by atoms with Crippen LogP contribution in [0.15, 0.2) is 36.4 Å². The summed E-state index contributed by atoms with van der Waals surface area (Å²) in [5.41, 5.74) is 2.87. The number of hydrogen-bond donors (Lipinski definition) is 1. The fourth-order valence-corrected chi connectivity index (χ4v) is 2.74. The third-order valence-corrected chi connectivity index (χ3v) is 3.80. The van der Waals surface area contributed by atoms with E-state index in [0.29, 0.717) is 26.1 Å². The van der Waals surface area contributed by atoms with Crippen LogP contribution < -0.4 is 0 Å². The van der Waals surface area contributed by atoms with Crippen molar-refractivity contribution in [2.75, 3.05) is 0 Å². The quantitative estimate of drug-likeness (QED) is 0.650. The molecule has 0 fully saturated rings. The maximum Gasteiger partial charge on any atom is 0.182 e. The molecule has 1 heterocycles. The van der Waals surface area contributed by atoms with E-state index in [1.54, 1.807) is 34.9 Å². The molecule has 0 aliphatic rings. The van der Waals surface area contributed by atoms with Gasteiger partial charge in [-0.3, -0.25) is 4.57 Å². The maximum atomic E-state index is 9.02. The minimum absolute atomic E-state index is 0.499. The lowest BCUT2D eigenvalue weighted by molar-refractivity contribution is 1.06. The molecule has 20 heavy (non-hydrogen) atoms. The van der Waals surface area contributed by atoms with E-state index >= 15 is 0 Å². The highest BCUT2D eigenvalue weighted by Gasteiger charge is 2.11. The summed E-state index contributed by atoms with van der Waals surface area (Å²) in [4.78, 5) is 3.09. The predicted molar refractivity (Wildman–Crippen MR) is 83.2 cm³/mol. The van der Waals surface area contributed by atoms with Crippen LogP contribution in [0.25, 0.3) is 16.7 Å². The fourth-order valence-electron chi connectivity index (χ4n) is 2.07. The van der Waals surface area contributed by atoms with Gasteiger partial charge < -0.3 is 4.98 Å². The molecule has 1 aromatic heterocycles. The number of rotatable bonds is 1. The Hall–Kier alpha value is -1.80. The van der Waals surface area contributed by atoms with Crippen molar-refractivity contribution in [3.05, 3.63) is 56.8 Å². The van der Waals surface area contributed by atoms with Crippen LogP contribution in [0, 0.1) is 16.1 Å². The van der Waals surface area contributed by atoms with E-state index in [-0.39, 0.29) is 0 Å². The zero-order chi connectivity index (χ0) is 14.3. The SMILES string of the molecule is N#Cc1ccc2[nH]c(=S)n(-c3cc(Cl)ccc3Cl)c2c1. The van der Waals surface area contributed by atoms with Gasteiger partial charge in [-0.2, -0.15) is 5.26 Å². The van der Waals surface area contributed by atoms with Crippen LogP contribution in [0.1, 0.15) is 5.56 Å². The standard InChI is InChI=1S/C14H7Cl2N3S/c15-9-2-3-10(16)12(6-9)19-13-5-8(7-17)1-4-11(13)18-14(19)20/h1-6H,(H,18,20). The van der Waals surface area contributed by atoms with E-state index in [0.717, 1.165) is 11.0 Å². The second-order valence-corrected chi connectivity index (χ2v) is 5.44. The number of nitriles is 1. The summed E-state index contributed by atoms with van der Waals surface area (Å²) in [7, 11) is 0. The maximum absolute atomic E-state index is 9.02.